The quantitative estimate of drug-likeness (QED) is 0.851. The highest BCUT2D eigenvalue weighted by Gasteiger charge is 2.13. The number of hydrogen-bond donors (Lipinski definition) is 2. The van der Waals surface area contributed by atoms with Gasteiger partial charge in [0, 0.05) is 35.2 Å². The van der Waals surface area contributed by atoms with Gasteiger partial charge in [-0.1, -0.05) is 0 Å². The molecule has 0 atom stereocenters. The zero-order valence-corrected chi connectivity index (χ0v) is 12.8. The van der Waals surface area contributed by atoms with Crippen LogP contribution in [0.2, 0.25) is 0 Å². The van der Waals surface area contributed by atoms with Crippen molar-refractivity contribution in [2.45, 2.75) is 13.5 Å². The molecule has 0 saturated carbocycles. The monoisotopic (exact) mass is 289 g/mol. The van der Waals surface area contributed by atoms with Crippen LogP contribution in [0.1, 0.15) is 20.1 Å². The number of nitrogens with zero attached hydrogens (tertiary/aromatic N) is 1. The molecule has 0 aliphatic rings. The summed E-state index contributed by atoms with van der Waals surface area (Å²) < 4.78 is 0. The van der Waals surface area contributed by atoms with E-state index in [1.807, 2.05) is 31.1 Å². The van der Waals surface area contributed by atoms with E-state index in [1.165, 1.54) is 4.88 Å². The first kappa shape index (κ1) is 14.4. The fraction of sp³-hybridized carbons (Fsp3) is 0.267. The Morgan fingerprint density at radius 2 is 2.05 bits per heavy atom. The highest BCUT2D eigenvalue weighted by molar-refractivity contribution is 7.11. The van der Waals surface area contributed by atoms with Crippen molar-refractivity contribution in [1.29, 1.82) is 0 Å². The predicted molar refractivity (Wildman–Crippen MR) is 85.4 cm³/mol. The summed E-state index contributed by atoms with van der Waals surface area (Å²) in [5, 5.41) is 2.94. The molecule has 0 fully saturated rings. The number of hydrogen-bond acceptors (Lipinski definition) is 4. The average Bonchev–Trinajstić information content (AvgIpc) is 2.81. The Morgan fingerprint density at radius 1 is 1.30 bits per heavy atom. The Morgan fingerprint density at radius 3 is 2.65 bits per heavy atom. The van der Waals surface area contributed by atoms with Crippen LogP contribution in [0.15, 0.2) is 30.3 Å². The van der Waals surface area contributed by atoms with E-state index in [4.69, 9.17) is 5.73 Å². The molecule has 5 heteroatoms. The Bertz CT molecular complexity index is 619. The molecule has 20 heavy (non-hydrogen) atoms. The molecule has 4 nitrogen and oxygen atoms in total. The van der Waals surface area contributed by atoms with Gasteiger partial charge in [-0.25, -0.2) is 0 Å². The van der Waals surface area contributed by atoms with Gasteiger partial charge in [0.25, 0.3) is 5.91 Å². The summed E-state index contributed by atoms with van der Waals surface area (Å²) in [6.45, 7) is 2.59. The van der Waals surface area contributed by atoms with Gasteiger partial charge in [-0.05, 0) is 37.3 Å². The first-order valence-corrected chi connectivity index (χ1v) is 7.19. The van der Waals surface area contributed by atoms with Gasteiger partial charge < -0.3 is 16.0 Å². The summed E-state index contributed by atoms with van der Waals surface area (Å²) in [6.07, 6.45) is 0. The lowest BCUT2D eigenvalue weighted by atomic mass is 10.1. The molecule has 106 valence electrons. The van der Waals surface area contributed by atoms with Crippen molar-refractivity contribution in [3.63, 3.8) is 0 Å². The smallest absolute Gasteiger partial charge is 0.253 e. The number of nitrogen functional groups attached to an aromatic ring is 1. The maximum absolute atomic E-state index is 12.3. The first-order chi connectivity index (χ1) is 9.47. The van der Waals surface area contributed by atoms with E-state index in [2.05, 4.69) is 18.3 Å². The molecular weight excluding hydrogens is 270 g/mol. The number of nitrogens with two attached hydrogens (primary N) is 1. The van der Waals surface area contributed by atoms with Crippen LogP contribution in [-0.4, -0.2) is 20.0 Å². The van der Waals surface area contributed by atoms with E-state index < -0.39 is 0 Å². The predicted octanol–water partition coefficient (Wildman–Crippen LogP) is 2.63. The van der Waals surface area contributed by atoms with Crippen molar-refractivity contribution >= 4 is 28.6 Å². The normalized spacial score (nSPS) is 10.3. The third kappa shape index (κ3) is 3.30. The molecule has 0 spiro atoms. The molecule has 1 aromatic heterocycles. The van der Waals surface area contributed by atoms with E-state index in [0.29, 0.717) is 17.8 Å². The number of carbonyl (C=O) groups is 1. The molecule has 3 N–H and O–H groups in total. The minimum Gasteiger partial charge on any atom is -0.399 e. The molecule has 1 heterocycles. The van der Waals surface area contributed by atoms with Crippen LogP contribution in [-0.2, 0) is 6.54 Å². The van der Waals surface area contributed by atoms with Crippen LogP contribution in [0.5, 0.6) is 0 Å². The van der Waals surface area contributed by atoms with E-state index in [9.17, 15) is 4.79 Å². The molecule has 0 radical (unpaired) electrons. The summed E-state index contributed by atoms with van der Waals surface area (Å²) >= 11 is 1.69. The summed E-state index contributed by atoms with van der Waals surface area (Å²) in [5.74, 6) is -0.105. The maximum Gasteiger partial charge on any atom is 0.253 e. The number of benzene rings is 1. The van der Waals surface area contributed by atoms with Crippen LogP contribution in [0.4, 0.5) is 11.4 Å². The largest absolute Gasteiger partial charge is 0.399 e. The van der Waals surface area contributed by atoms with Crippen molar-refractivity contribution in [1.82, 2.24) is 5.32 Å². The zero-order valence-electron chi connectivity index (χ0n) is 11.9. The molecule has 0 aliphatic heterocycles. The average molecular weight is 289 g/mol. The van der Waals surface area contributed by atoms with Gasteiger partial charge in [-0.15, -0.1) is 11.3 Å². The molecule has 0 saturated heterocycles. The fourth-order valence-electron chi connectivity index (χ4n) is 1.97. The number of carbonyl (C=O) groups excluding carboxylic acids is 1. The van der Waals surface area contributed by atoms with Crippen molar-refractivity contribution in [2.24, 2.45) is 0 Å². The summed E-state index contributed by atoms with van der Waals surface area (Å²) in [6, 6.07) is 9.46. The van der Waals surface area contributed by atoms with Gasteiger partial charge in [0.05, 0.1) is 12.1 Å². The second-order valence-corrected chi connectivity index (χ2v) is 6.24. The van der Waals surface area contributed by atoms with Gasteiger partial charge in [0.1, 0.15) is 0 Å². The molecule has 1 amide bonds. The second kappa shape index (κ2) is 5.96. The van der Waals surface area contributed by atoms with Crippen LogP contribution in [0.3, 0.4) is 0 Å². The molecule has 2 rings (SSSR count). The molecule has 0 aliphatic carbocycles. The molecule has 0 bridgehead atoms. The molecule has 0 unspecified atom stereocenters. The number of nitrogens with one attached hydrogen (secondary N) is 1. The minimum absolute atomic E-state index is 0.105. The van der Waals surface area contributed by atoms with Crippen LogP contribution < -0.4 is 16.0 Å². The first-order valence-electron chi connectivity index (χ1n) is 6.37. The van der Waals surface area contributed by atoms with Crippen molar-refractivity contribution < 1.29 is 4.79 Å². The van der Waals surface area contributed by atoms with Crippen LogP contribution >= 0.6 is 11.3 Å². The van der Waals surface area contributed by atoms with E-state index >= 15 is 0 Å². The topological polar surface area (TPSA) is 58.4 Å². The highest BCUT2D eigenvalue weighted by atomic mass is 32.1. The van der Waals surface area contributed by atoms with Gasteiger partial charge in [-0.2, -0.15) is 0 Å². The van der Waals surface area contributed by atoms with E-state index in [0.717, 1.165) is 10.6 Å². The summed E-state index contributed by atoms with van der Waals surface area (Å²) in [4.78, 5) is 16.6. The minimum atomic E-state index is -0.105. The summed E-state index contributed by atoms with van der Waals surface area (Å²) in [7, 11) is 3.82. The summed E-state index contributed by atoms with van der Waals surface area (Å²) in [5.41, 5.74) is 7.83. The fourth-order valence-corrected chi connectivity index (χ4v) is 2.80. The second-order valence-electron chi connectivity index (χ2n) is 4.87. The number of aryl methyl sites for hydroxylation is 1. The van der Waals surface area contributed by atoms with E-state index in [-0.39, 0.29) is 5.91 Å². The Kier molecular flexibility index (Phi) is 4.29. The number of thiophene rings is 1. The zero-order chi connectivity index (χ0) is 14.7. The van der Waals surface area contributed by atoms with Gasteiger partial charge in [0.15, 0.2) is 0 Å². The van der Waals surface area contributed by atoms with Crippen LogP contribution in [0, 0.1) is 6.92 Å². The Labute approximate surface area is 123 Å². The lowest BCUT2D eigenvalue weighted by Crippen LogP contribution is -2.25. The highest BCUT2D eigenvalue weighted by Crippen LogP contribution is 2.22. The Hall–Kier alpha value is -2.01. The van der Waals surface area contributed by atoms with Crippen molar-refractivity contribution in [2.75, 3.05) is 24.7 Å². The molecule has 2 aromatic rings. The SMILES string of the molecule is Cc1ccc(CNC(=O)c2cc(N)ccc2N(C)C)s1. The standard InChI is InChI=1S/C15H19N3OS/c1-10-4-6-12(20-10)9-17-15(19)13-8-11(16)5-7-14(13)18(2)3/h4-8H,9,16H2,1-3H3,(H,17,19). The Balaban J connectivity index is 2.14. The molecule has 1 aromatic carbocycles. The van der Waals surface area contributed by atoms with Gasteiger partial charge in [-0.3, -0.25) is 4.79 Å². The number of amides is 1. The van der Waals surface area contributed by atoms with E-state index in [1.54, 1.807) is 23.5 Å². The lowest BCUT2D eigenvalue weighted by molar-refractivity contribution is 0.0952. The number of rotatable bonds is 4. The third-order valence-corrected chi connectivity index (χ3v) is 3.97. The van der Waals surface area contributed by atoms with Gasteiger partial charge >= 0.3 is 0 Å². The van der Waals surface area contributed by atoms with Crippen molar-refractivity contribution in [3.8, 4) is 0 Å². The molecular formula is C15H19N3OS. The van der Waals surface area contributed by atoms with Gasteiger partial charge in [0.2, 0.25) is 0 Å². The number of anilines is 2. The maximum atomic E-state index is 12.3. The third-order valence-electron chi connectivity index (χ3n) is 2.97. The van der Waals surface area contributed by atoms with Crippen molar-refractivity contribution in [3.05, 3.63) is 45.6 Å². The lowest BCUT2D eigenvalue weighted by Gasteiger charge is -2.17. The van der Waals surface area contributed by atoms with Crippen LogP contribution in [0.25, 0.3) is 0 Å².